The summed E-state index contributed by atoms with van der Waals surface area (Å²) in [4.78, 5) is 18.2. The smallest absolute Gasteiger partial charge is 0.270 e. The van der Waals surface area contributed by atoms with E-state index in [4.69, 9.17) is 5.84 Å². The SMILES string of the molecule is Cc1ccc(CNC(=O)c2cc(NN)ccn2)s1. The monoisotopic (exact) mass is 262 g/mol. The van der Waals surface area contributed by atoms with E-state index < -0.39 is 0 Å². The predicted molar refractivity (Wildman–Crippen MR) is 72.3 cm³/mol. The highest BCUT2D eigenvalue weighted by Crippen LogP contribution is 2.14. The maximum atomic E-state index is 11.9. The van der Waals surface area contributed by atoms with Crippen LogP contribution in [0.3, 0.4) is 0 Å². The Morgan fingerprint density at radius 2 is 2.28 bits per heavy atom. The molecule has 5 nitrogen and oxygen atoms in total. The second-order valence-corrected chi connectivity index (χ2v) is 5.14. The Morgan fingerprint density at radius 3 is 2.94 bits per heavy atom. The Bertz CT molecular complexity index is 553. The summed E-state index contributed by atoms with van der Waals surface area (Å²) in [5.74, 6) is 5.07. The van der Waals surface area contributed by atoms with Gasteiger partial charge in [-0.3, -0.25) is 15.6 Å². The Hall–Kier alpha value is -1.92. The molecule has 18 heavy (non-hydrogen) atoms. The van der Waals surface area contributed by atoms with Crippen LogP contribution in [0.25, 0.3) is 0 Å². The van der Waals surface area contributed by atoms with Crippen LogP contribution in [0, 0.1) is 6.92 Å². The number of amides is 1. The predicted octanol–water partition coefficient (Wildman–Crippen LogP) is 1.67. The van der Waals surface area contributed by atoms with E-state index in [2.05, 4.69) is 15.7 Å². The topological polar surface area (TPSA) is 80.0 Å². The molecule has 0 aliphatic heterocycles. The maximum Gasteiger partial charge on any atom is 0.270 e. The highest BCUT2D eigenvalue weighted by atomic mass is 32.1. The lowest BCUT2D eigenvalue weighted by Gasteiger charge is -2.04. The van der Waals surface area contributed by atoms with Gasteiger partial charge >= 0.3 is 0 Å². The zero-order chi connectivity index (χ0) is 13.0. The fourth-order valence-electron chi connectivity index (χ4n) is 1.48. The fraction of sp³-hybridized carbons (Fsp3) is 0.167. The Balaban J connectivity index is 1.99. The summed E-state index contributed by atoms with van der Waals surface area (Å²) in [5, 5.41) is 2.82. The van der Waals surface area contributed by atoms with Crippen molar-refractivity contribution in [3.63, 3.8) is 0 Å². The van der Waals surface area contributed by atoms with E-state index >= 15 is 0 Å². The van der Waals surface area contributed by atoms with E-state index in [0.717, 1.165) is 4.88 Å². The van der Waals surface area contributed by atoms with Gasteiger partial charge in [0, 0.05) is 16.0 Å². The quantitative estimate of drug-likeness (QED) is 0.578. The van der Waals surface area contributed by atoms with Gasteiger partial charge in [-0.15, -0.1) is 11.3 Å². The summed E-state index contributed by atoms with van der Waals surface area (Å²) in [6.07, 6.45) is 1.54. The van der Waals surface area contributed by atoms with Crippen molar-refractivity contribution < 1.29 is 4.79 Å². The number of hydrazine groups is 1. The standard InChI is InChI=1S/C12H14N4OS/c1-8-2-3-10(18-8)7-15-12(17)11-6-9(16-13)4-5-14-11/h2-6H,7,13H2,1H3,(H,14,16)(H,15,17). The molecule has 0 atom stereocenters. The van der Waals surface area contributed by atoms with Crippen LogP contribution in [0.15, 0.2) is 30.5 Å². The fourth-order valence-corrected chi connectivity index (χ4v) is 2.31. The molecule has 0 aromatic carbocycles. The van der Waals surface area contributed by atoms with Gasteiger partial charge in [0.15, 0.2) is 0 Å². The first-order valence-electron chi connectivity index (χ1n) is 5.45. The third-order valence-electron chi connectivity index (χ3n) is 2.38. The highest BCUT2D eigenvalue weighted by Gasteiger charge is 2.07. The van der Waals surface area contributed by atoms with Crippen LogP contribution in [0.2, 0.25) is 0 Å². The van der Waals surface area contributed by atoms with Crippen LogP contribution in [0.5, 0.6) is 0 Å². The molecule has 0 fully saturated rings. The molecule has 0 saturated carbocycles. The Kier molecular flexibility index (Phi) is 3.91. The Morgan fingerprint density at radius 1 is 1.44 bits per heavy atom. The number of hydrogen-bond donors (Lipinski definition) is 3. The molecular weight excluding hydrogens is 248 g/mol. The minimum absolute atomic E-state index is 0.210. The van der Waals surface area contributed by atoms with Gasteiger partial charge in [-0.2, -0.15) is 0 Å². The van der Waals surface area contributed by atoms with Gasteiger partial charge in [0.25, 0.3) is 5.91 Å². The third-order valence-corrected chi connectivity index (χ3v) is 3.38. The van der Waals surface area contributed by atoms with Gasteiger partial charge in [-0.25, -0.2) is 0 Å². The molecule has 2 aromatic heterocycles. The van der Waals surface area contributed by atoms with Gasteiger partial charge in [-0.05, 0) is 31.2 Å². The van der Waals surface area contributed by atoms with Crippen molar-refractivity contribution >= 4 is 22.9 Å². The van der Waals surface area contributed by atoms with E-state index in [1.54, 1.807) is 29.7 Å². The minimum atomic E-state index is -0.210. The number of nitrogen functional groups attached to an aromatic ring is 1. The molecular formula is C12H14N4OS. The molecule has 0 bridgehead atoms. The summed E-state index contributed by atoms with van der Waals surface area (Å²) in [6, 6.07) is 7.34. The average molecular weight is 262 g/mol. The number of anilines is 1. The van der Waals surface area contributed by atoms with Crippen LogP contribution in [-0.2, 0) is 6.54 Å². The van der Waals surface area contributed by atoms with Crippen molar-refractivity contribution in [3.05, 3.63) is 45.9 Å². The number of nitrogens with two attached hydrogens (primary N) is 1. The van der Waals surface area contributed by atoms with Crippen molar-refractivity contribution in [2.24, 2.45) is 5.84 Å². The van der Waals surface area contributed by atoms with E-state index in [9.17, 15) is 4.79 Å². The van der Waals surface area contributed by atoms with Gasteiger partial charge < -0.3 is 10.7 Å². The normalized spacial score (nSPS) is 10.1. The van der Waals surface area contributed by atoms with Crippen LogP contribution in [0.1, 0.15) is 20.2 Å². The lowest BCUT2D eigenvalue weighted by Crippen LogP contribution is -2.23. The number of nitrogens with one attached hydrogen (secondary N) is 2. The average Bonchev–Trinajstić information content (AvgIpc) is 2.82. The second kappa shape index (κ2) is 5.61. The molecule has 0 aliphatic carbocycles. The second-order valence-electron chi connectivity index (χ2n) is 3.77. The molecule has 2 rings (SSSR count). The molecule has 2 aromatic rings. The van der Waals surface area contributed by atoms with E-state index in [0.29, 0.717) is 17.9 Å². The highest BCUT2D eigenvalue weighted by molar-refractivity contribution is 7.11. The molecule has 2 heterocycles. The van der Waals surface area contributed by atoms with Crippen molar-refractivity contribution in [1.29, 1.82) is 0 Å². The number of aromatic nitrogens is 1. The molecule has 4 N–H and O–H groups in total. The van der Waals surface area contributed by atoms with Crippen LogP contribution >= 0.6 is 11.3 Å². The molecule has 0 radical (unpaired) electrons. The first kappa shape index (κ1) is 12.5. The number of rotatable bonds is 4. The Labute approximate surface area is 109 Å². The summed E-state index contributed by atoms with van der Waals surface area (Å²) in [7, 11) is 0. The first-order chi connectivity index (χ1) is 8.69. The molecule has 94 valence electrons. The van der Waals surface area contributed by atoms with Crippen molar-refractivity contribution in [2.45, 2.75) is 13.5 Å². The van der Waals surface area contributed by atoms with Gasteiger partial charge in [0.05, 0.1) is 12.2 Å². The van der Waals surface area contributed by atoms with E-state index in [-0.39, 0.29) is 5.91 Å². The first-order valence-corrected chi connectivity index (χ1v) is 6.27. The molecule has 0 spiro atoms. The van der Waals surface area contributed by atoms with Crippen LogP contribution in [-0.4, -0.2) is 10.9 Å². The number of aryl methyl sites for hydroxylation is 1. The number of pyridine rings is 1. The summed E-state index contributed by atoms with van der Waals surface area (Å²) >= 11 is 1.67. The third kappa shape index (κ3) is 3.06. The lowest BCUT2D eigenvalue weighted by molar-refractivity contribution is 0.0946. The van der Waals surface area contributed by atoms with Crippen molar-refractivity contribution in [3.8, 4) is 0 Å². The molecule has 0 saturated heterocycles. The lowest BCUT2D eigenvalue weighted by atomic mass is 10.3. The largest absolute Gasteiger partial charge is 0.346 e. The van der Waals surface area contributed by atoms with Crippen molar-refractivity contribution in [2.75, 3.05) is 5.43 Å². The number of carbonyl (C=O) groups is 1. The summed E-state index contributed by atoms with van der Waals surface area (Å²) < 4.78 is 0. The molecule has 6 heteroatoms. The van der Waals surface area contributed by atoms with E-state index in [1.807, 2.05) is 19.1 Å². The summed E-state index contributed by atoms with van der Waals surface area (Å²) in [5.41, 5.74) is 3.48. The molecule has 0 aliphatic rings. The number of hydrogen-bond acceptors (Lipinski definition) is 5. The van der Waals surface area contributed by atoms with Crippen LogP contribution < -0.4 is 16.6 Å². The molecule has 0 unspecified atom stereocenters. The number of carbonyl (C=O) groups excluding carboxylic acids is 1. The molecule has 1 amide bonds. The van der Waals surface area contributed by atoms with Gasteiger partial charge in [0.1, 0.15) is 5.69 Å². The van der Waals surface area contributed by atoms with Gasteiger partial charge in [0.2, 0.25) is 0 Å². The number of thiophene rings is 1. The maximum absolute atomic E-state index is 11.9. The minimum Gasteiger partial charge on any atom is -0.346 e. The van der Waals surface area contributed by atoms with Gasteiger partial charge in [-0.1, -0.05) is 0 Å². The zero-order valence-electron chi connectivity index (χ0n) is 9.93. The zero-order valence-corrected chi connectivity index (χ0v) is 10.8. The van der Waals surface area contributed by atoms with Crippen LogP contribution in [0.4, 0.5) is 5.69 Å². The summed E-state index contributed by atoms with van der Waals surface area (Å²) in [6.45, 7) is 2.55. The van der Waals surface area contributed by atoms with Crippen molar-refractivity contribution in [1.82, 2.24) is 10.3 Å². The van der Waals surface area contributed by atoms with E-state index in [1.165, 1.54) is 4.88 Å². The number of nitrogens with zero attached hydrogens (tertiary/aromatic N) is 1.